The molecular weight excluding hydrogens is 651 g/mol. The maximum atomic E-state index is 15.1. The maximum Gasteiger partial charge on any atom is 0.266 e. The Morgan fingerprint density at radius 2 is 0.755 bits per heavy atom. The first kappa shape index (κ1) is 31.3. The zero-order chi connectivity index (χ0) is 36.1. The van der Waals surface area contributed by atoms with Crippen LogP contribution >= 0.6 is 0 Å². The molecule has 7 aromatic carbocycles. The molecule has 5 heteroatoms. The summed E-state index contributed by atoms with van der Waals surface area (Å²) in [5.41, 5.74) is 9.81. The van der Waals surface area contributed by atoms with E-state index in [9.17, 15) is 0 Å². The summed E-state index contributed by atoms with van der Waals surface area (Å²) in [5.74, 6) is -0.367. The van der Waals surface area contributed by atoms with E-state index in [0.29, 0.717) is 22.2 Å². The number of hydrogen-bond acceptors (Lipinski definition) is 2. The van der Waals surface area contributed by atoms with Crippen LogP contribution in [0.5, 0.6) is 0 Å². The van der Waals surface area contributed by atoms with Crippen molar-refractivity contribution in [2.24, 2.45) is 0 Å². The van der Waals surface area contributed by atoms with Crippen molar-refractivity contribution in [2.75, 3.05) is 4.90 Å². The Morgan fingerprint density at radius 1 is 0.396 bits per heavy atom. The summed E-state index contributed by atoms with van der Waals surface area (Å²) in [6.07, 6.45) is 0. The van der Waals surface area contributed by atoms with Crippen molar-refractivity contribution in [2.45, 2.75) is 39.5 Å². The lowest BCUT2D eigenvalue weighted by atomic mass is 9.87. The molecule has 0 N–H and O–H groups in total. The van der Waals surface area contributed by atoms with Gasteiger partial charge in [-0.05, 0) is 71.5 Å². The number of rotatable bonds is 5. The topological polar surface area (TPSA) is 47.2 Å². The zero-order valence-corrected chi connectivity index (χ0v) is 30.1. The van der Waals surface area contributed by atoms with Crippen LogP contribution in [0.4, 0.5) is 5.69 Å². The smallest absolute Gasteiger partial charge is 0.266 e. The van der Waals surface area contributed by atoms with Crippen molar-refractivity contribution in [3.05, 3.63) is 162 Å². The Bertz CT molecular complexity index is 2710. The number of carbonyl (C=O) groups excluding carboxylic acids is 2. The molecule has 0 unspecified atom stereocenters. The highest BCUT2D eigenvalue weighted by molar-refractivity contribution is 6.37. The first-order valence-corrected chi connectivity index (χ1v) is 18.4. The minimum absolute atomic E-state index is 0.112. The normalized spacial score (nSPS) is 13.3. The summed E-state index contributed by atoms with van der Waals surface area (Å²) in [6.45, 7) is 8.47. The lowest BCUT2D eigenvalue weighted by Gasteiger charge is -2.33. The number of amides is 2. The molecular formula is C48H37N3O2. The number of fused-ring (bicyclic) bond motifs is 6. The first-order chi connectivity index (χ1) is 25.8. The number of carbonyl (C=O) groups is 2. The van der Waals surface area contributed by atoms with Crippen LogP contribution < -0.4 is 4.90 Å². The van der Waals surface area contributed by atoms with Gasteiger partial charge in [-0.3, -0.25) is 9.59 Å². The van der Waals surface area contributed by atoms with E-state index in [4.69, 9.17) is 0 Å². The maximum absolute atomic E-state index is 15.1. The molecule has 0 bridgehead atoms. The SMILES string of the molecule is CC(C)c1cccc(C(C)C)c1N1C(=O)c2ccc(-n3c4ccccc4c4ccccc43)c3c(-n4c5ccccc5c5ccccc54)ccc(c23)C1=O. The molecule has 0 spiro atoms. The molecule has 0 saturated heterocycles. The predicted octanol–water partition coefficient (Wildman–Crippen LogP) is 12.1. The van der Waals surface area contributed by atoms with Gasteiger partial charge in [-0.1, -0.05) is 119 Å². The van der Waals surface area contributed by atoms with Gasteiger partial charge in [0.05, 0.1) is 39.1 Å². The molecule has 9 aromatic rings. The quantitative estimate of drug-likeness (QED) is 0.169. The van der Waals surface area contributed by atoms with E-state index in [2.05, 4.69) is 146 Å². The van der Waals surface area contributed by atoms with Crippen molar-refractivity contribution < 1.29 is 9.59 Å². The summed E-state index contributed by atoms with van der Waals surface area (Å²) in [7, 11) is 0. The number of nitrogens with zero attached hydrogens (tertiary/aromatic N) is 3. The summed E-state index contributed by atoms with van der Waals surface area (Å²) in [5, 5.41) is 6.13. The summed E-state index contributed by atoms with van der Waals surface area (Å²) >= 11 is 0. The minimum atomic E-state index is -0.296. The van der Waals surface area contributed by atoms with Crippen LogP contribution in [0.25, 0.3) is 65.8 Å². The molecule has 256 valence electrons. The van der Waals surface area contributed by atoms with Crippen molar-refractivity contribution in [3.63, 3.8) is 0 Å². The Balaban J connectivity index is 1.36. The van der Waals surface area contributed by atoms with Crippen molar-refractivity contribution >= 4 is 71.9 Å². The van der Waals surface area contributed by atoms with Gasteiger partial charge in [0, 0.05) is 43.4 Å². The van der Waals surface area contributed by atoms with Crippen LogP contribution in [-0.4, -0.2) is 20.9 Å². The van der Waals surface area contributed by atoms with E-state index in [1.54, 1.807) is 0 Å². The largest absolute Gasteiger partial charge is 0.309 e. The van der Waals surface area contributed by atoms with Gasteiger partial charge in [0.1, 0.15) is 0 Å². The van der Waals surface area contributed by atoms with Crippen LogP contribution in [-0.2, 0) is 0 Å². The zero-order valence-electron chi connectivity index (χ0n) is 30.1. The van der Waals surface area contributed by atoms with Gasteiger partial charge >= 0.3 is 0 Å². The van der Waals surface area contributed by atoms with E-state index in [1.165, 1.54) is 4.90 Å². The van der Waals surface area contributed by atoms with E-state index < -0.39 is 0 Å². The second kappa shape index (κ2) is 11.5. The fourth-order valence-corrected chi connectivity index (χ4v) is 8.86. The molecule has 0 fully saturated rings. The average molecular weight is 688 g/mol. The molecule has 0 atom stereocenters. The predicted molar refractivity (Wildman–Crippen MR) is 218 cm³/mol. The number of aromatic nitrogens is 2. The van der Waals surface area contributed by atoms with Crippen LogP contribution in [0, 0.1) is 0 Å². The third-order valence-corrected chi connectivity index (χ3v) is 11.2. The van der Waals surface area contributed by atoms with Gasteiger partial charge < -0.3 is 9.13 Å². The standard InChI is InChI=1S/C48H37N3O2/c1-28(2)30-18-13-19-31(29(3)4)46(30)51-47(52)36-24-26-42(49-38-20-9-5-14-32(38)33-15-6-10-21-39(33)49)45-43(27-25-37(44(36)45)48(51)53)50-40-22-11-7-16-34(40)35-17-8-12-23-41(35)50/h5-29H,1-4H3. The number of benzene rings is 7. The van der Waals surface area contributed by atoms with Gasteiger partial charge in [0.25, 0.3) is 11.8 Å². The van der Waals surface area contributed by atoms with Crippen LogP contribution in [0.15, 0.2) is 140 Å². The second-order valence-corrected chi connectivity index (χ2v) is 14.8. The van der Waals surface area contributed by atoms with Crippen molar-refractivity contribution in [1.82, 2.24) is 9.13 Å². The highest BCUT2D eigenvalue weighted by Crippen LogP contribution is 2.45. The molecule has 0 saturated carbocycles. The van der Waals surface area contributed by atoms with Crippen LogP contribution in [0.1, 0.15) is 71.4 Å². The summed E-state index contributed by atoms with van der Waals surface area (Å²) < 4.78 is 4.61. The number of para-hydroxylation sites is 5. The Morgan fingerprint density at radius 3 is 1.11 bits per heavy atom. The molecule has 1 aliphatic heterocycles. The lowest BCUT2D eigenvalue weighted by Crippen LogP contribution is -2.42. The molecule has 1 aliphatic rings. The number of imide groups is 1. The number of hydrogen-bond donors (Lipinski definition) is 0. The highest BCUT2D eigenvalue weighted by Gasteiger charge is 2.38. The van der Waals surface area contributed by atoms with E-state index in [1.807, 2.05) is 30.3 Å². The lowest BCUT2D eigenvalue weighted by molar-refractivity contribution is 0.0893. The van der Waals surface area contributed by atoms with Crippen LogP contribution in [0.3, 0.4) is 0 Å². The minimum Gasteiger partial charge on any atom is -0.309 e. The fraction of sp³-hybridized carbons (Fsp3) is 0.125. The Labute approximate surface area is 307 Å². The van der Waals surface area contributed by atoms with Crippen LogP contribution in [0.2, 0.25) is 0 Å². The fourth-order valence-electron chi connectivity index (χ4n) is 8.86. The number of anilines is 1. The van der Waals surface area contributed by atoms with E-state index >= 15 is 9.59 Å². The molecule has 2 aromatic heterocycles. The van der Waals surface area contributed by atoms with Crippen molar-refractivity contribution in [1.29, 1.82) is 0 Å². The van der Waals surface area contributed by atoms with Gasteiger partial charge in [-0.15, -0.1) is 0 Å². The Hall–Kier alpha value is -6.46. The first-order valence-electron chi connectivity index (χ1n) is 18.4. The molecule has 0 aliphatic carbocycles. The second-order valence-electron chi connectivity index (χ2n) is 14.8. The third-order valence-electron chi connectivity index (χ3n) is 11.2. The molecule has 2 amide bonds. The van der Waals surface area contributed by atoms with Crippen molar-refractivity contribution in [3.8, 4) is 11.4 Å². The van der Waals surface area contributed by atoms with Gasteiger partial charge in [-0.2, -0.15) is 0 Å². The van der Waals surface area contributed by atoms with Gasteiger partial charge in [0.15, 0.2) is 0 Å². The molecule has 10 rings (SSSR count). The molecule has 53 heavy (non-hydrogen) atoms. The Kier molecular flexibility index (Phi) is 6.80. The van der Waals surface area contributed by atoms with Gasteiger partial charge in [-0.25, -0.2) is 4.90 Å². The molecule has 5 nitrogen and oxygen atoms in total. The summed E-state index contributed by atoms with van der Waals surface area (Å²) in [4.78, 5) is 31.7. The highest BCUT2D eigenvalue weighted by atomic mass is 16.2. The molecule has 0 radical (unpaired) electrons. The monoisotopic (exact) mass is 687 g/mol. The third kappa shape index (κ3) is 4.31. The van der Waals surface area contributed by atoms with E-state index in [0.717, 1.165) is 71.5 Å². The summed E-state index contributed by atoms with van der Waals surface area (Å²) in [6, 6.07) is 48.0. The molecule has 3 heterocycles. The van der Waals surface area contributed by atoms with Gasteiger partial charge in [0.2, 0.25) is 0 Å². The average Bonchev–Trinajstić information content (AvgIpc) is 3.69. The van der Waals surface area contributed by atoms with E-state index in [-0.39, 0.29) is 23.7 Å².